The quantitative estimate of drug-likeness (QED) is 0.692. The summed E-state index contributed by atoms with van der Waals surface area (Å²) in [6.07, 6.45) is 2.66. The molecule has 1 aliphatic heterocycles. The van der Waals surface area contributed by atoms with Gasteiger partial charge in [0.1, 0.15) is 0 Å². The Labute approximate surface area is 76.1 Å². The summed E-state index contributed by atoms with van der Waals surface area (Å²) >= 11 is 0. The van der Waals surface area contributed by atoms with E-state index in [0.717, 1.165) is 25.0 Å². The predicted octanol–water partition coefficient (Wildman–Crippen LogP) is 1.45. The lowest BCUT2D eigenvalue weighted by Gasteiger charge is -2.41. The van der Waals surface area contributed by atoms with Gasteiger partial charge in [0.2, 0.25) is 0 Å². The molecule has 1 rings (SSSR count). The van der Waals surface area contributed by atoms with Crippen LogP contribution < -0.4 is 5.73 Å². The molecule has 0 radical (unpaired) electrons. The van der Waals surface area contributed by atoms with Gasteiger partial charge < -0.3 is 5.73 Å². The summed E-state index contributed by atoms with van der Waals surface area (Å²) in [5, 5.41) is 0. The average Bonchev–Trinajstić information content (AvgIpc) is 1.94. The van der Waals surface area contributed by atoms with Crippen molar-refractivity contribution in [1.29, 1.82) is 0 Å². The van der Waals surface area contributed by atoms with Gasteiger partial charge in [-0.25, -0.2) is 0 Å². The van der Waals surface area contributed by atoms with E-state index in [1.165, 1.54) is 12.8 Å². The topological polar surface area (TPSA) is 29.3 Å². The minimum absolute atomic E-state index is 0.450. The first-order valence-electron chi connectivity index (χ1n) is 5.09. The fraction of sp³-hybridized carbons (Fsp3) is 1.00. The Morgan fingerprint density at radius 3 is 2.25 bits per heavy atom. The third-order valence-electron chi connectivity index (χ3n) is 2.72. The van der Waals surface area contributed by atoms with E-state index < -0.39 is 0 Å². The molecule has 12 heavy (non-hydrogen) atoms. The second-order valence-electron chi connectivity index (χ2n) is 4.53. The van der Waals surface area contributed by atoms with Crippen molar-refractivity contribution >= 4 is 0 Å². The van der Waals surface area contributed by atoms with Gasteiger partial charge in [0.15, 0.2) is 0 Å². The van der Waals surface area contributed by atoms with E-state index in [2.05, 4.69) is 25.7 Å². The van der Waals surface area contributed by atoms with Gasteiger partial charge in [0.05, 0.1) is 0 Å². The molecular formula is C10H22N2. The van der Waals surface area contributed by atoms with Crippen LogP contribution in [-0.4, -0.2) is 30.1 Å². The lowest BCUT2D eigenvalue weighted by molar-refractivity contribution is 0.0950. The monoisotopic (exact) mass is 170 g/mol. The van der Waals surface area contributed by atoms with Crippen molar-refractivity contribution in [3.05, 3.63) is 0 Å². The zero-order valence-corrected chi connectivity index (χ0v) is 8.59. The number of likely N-dealkylation sites (tertiary alicyclic amines) is 1. The van der Waals surface area contributed by atoms with Crippen molar-refractivity contribution in [3.8, 4) is 0 Å². The highest BCUT2D eigenvalue weighted by atomic mass is 15.2. The van der Waals surface area contributed by atoms with Crippen LogP contribution in [0.15, 0.2) is 0 Å². The molecule has 1 aliphatic rings. The molecule has 2 nitrogen and oxygen atoms in total. The fourth-order valence-corrected chi connectivity index (χ4v) is 1.67. The molecule has 2 N–H and O–H groups in total. The van der Waals surface area contributed by atoms with Gasteiger partial charge in [0, 0.05) is 25.2 Å². The van der Waals surface area contributed by atoms with Crippen molar-refractivity contribution in [1.82, 2.24) is 4.90 Å². The minimum atomic E-state index is 0.450. The fourth-order valence-electron chi connectivity index (χ4n) is 1.67. The Bertz CT molecular complexity index is 128. The number of nitrogens with two attached hydrogens (primary N) is 1. The minimum Gasteiger partial charge on any atom is -0.325 e. The molecule has 0 bridgehead atoms. The maximum atomic E-state index is 5.72. The third kappa shape index (κ3) is 2.76. The molecule has 2 heteroatoms. The van der Waals surface area contributed by atoms with Crippen LogP contribution in [0.5, 0.6) is 0 Å². The summed E-state index contributed by atoms with van der Waals surface area (Å²) in [5.41, 5.74) is 5.72. The number of rotatable bonds is 4. The molecule has 0 aromatic heterocycles. The second kappa shape index (κ2) is 4.24. The number of nitrogens with zero attached hydrogens (tertiary/aromatic N) is 1. The lowest BCUT2D eigenvalue weighted by Crippen LogP contribution is -2.58. The summed E-state index contributed by atoms with van der Waals surface area (Å²) < 4.78 is 0. The van der Waals surface area contributed by atoms with Crippen molar-refractivity contribution < 1.29 is 0 Å². The van der Waals surface area contributed by atoms with Gasteiger partial charge in [-0.05, 0) is 25.7 Å². The van der Waals surface area contributed by atoms with Gasteiger partial charge in [0.25, 0.3) is 0 Å². The van der Waals surface area contributed by atoms with Crippen LogP contribution >= 0.6 is 0 Å². The van der Waals surface area contributed by atoms with Crippen LogP contribution in [0.4, 0.5) is 0 Å². The maximum absolute atomic E-state index is 5.72. The van der Waals surface area contributed by atoms with Crippen molar-refractivity contribution in [2.24, 2.45) is 11.7 Å². The molecule has 0 saturated carbocycles. The highest BCUT2D eigenvalue weighted by Gasteiger charge is 2.26. The van der Waals surface area contributed by atoms with Crippen molar-refractivity contribution in [2.45, 2.75) is 45.7 Å². The van der Waals surface area contributed by atoms with Gasteiger partial charge >= 0.3 is 0 Å². The molecule has 1 atom stereocenters. The van der Waals surface area contributed by atoms with E-state index in [1.54, 1.807) is 0 Å². The van der Waals surface area contributed by atoms with Crippen LogP contribution in [0.3, 0.4) is 0 Å². The van der Waals surface area contributed by atoms with Crippen LogP contribution in [-0.2, 0) is 0 Å². The standard InChI is InChI=1S/C10H22N2/c1-8(2)4-5-9(3)12-6-10(11)7-12/h8-10H,4-7,11H2,1-3H3. The predicted molar refractivity (Wildman–Crippen MR) is 53.1 cm³/mol. The second-order valence-corrected chi connectivity index (χ2v) is 4.53. The maximum Gasteiger partial charge on any atom is 0.0297 e. The largest absolute Gasteiger partial charge is 0.325 e. The van der Waals surface area contributed by atoms with E-state index in [9.17, 15) is 0 Å². The molecule has 0 amide bonds. The first-order chi connectivity index (χ1) is 5.59. The first-order valence-corrected chi connectivity index (χ1v) is 5.09. The zero-order valence-electron chi connectivity index (χ0n) is 8.59. The Hall–Kier alpha value is -0.0800. The molecular weight excluding hydrogens is 148 g/mol. The molecule has 1 heterocycles. The van der Waals surface area contributed by atoms with Crippen molar-refractivity contribution in [3.63, 3.8) is 0 Å². The van der Waals surface area contributed by atoms with E-state index in [0.29, 0.717) is 6.04 Å². The average molecular weight is 170 g/mol. The Morgan fingerprint density at radius 1 is 1.25 bits per heavy atom. The van der Waals surface area contributed by atoms with Crippen LogP contribution in [0.25, 0.3) is 0 Å². The summed E-state index contributed by atoms with van der Waals surface area (Å²) in [6.45, 7) is 9.11. The molecule has 72 valence electrons. The zero-order chi connectivity index (χ0) is 9.14. The molecule has 0 aliphatic carbocycles. The third-order valence-corrected chi connectivity index (χ3v) is 2.72. The Kier molecular flexibility index (Phi) is 3.53. The number of hydrogen-bond acceptors (Lipinski definition) is 2. The summed E-state index contributed by atoms with van der Waals surface area (Å²) in [7, 11) is 0. The number of hydrogen-bond donors (Lipinski definition) is 1. The summed E-state index contributed by atoms with van der Waals surface area (Å²) in [4.78, 5) is 2.48. The van der Waals surface area contributed by atoms with E-state index in [1.807, 2.05) is 0 Å². The van der Waals surface area contributed by atoms with Crippen LogP contribution in [0, 0.1) is 5.92 Å². The van der Waals surface area contributed by atoms with Gasteiger partial charge in [-0.2, -0.15) is 0 Å². The van der Waals surface area contributed by atoms with Crippen molar-refractivity contribution in [2.75, 3.05) is 13.1 Å². The Balaban J connectivity index is 2.08. The van der Waals surface area contributed by atoms with E-state index >= 15 is 0 Å². The van der Waals surface area contributed by atoms with Gasteiger partial charge in [-0.15, -0.1) is 0 Å². The SMILES string of the molecule is CC(C)CCC(C)N1CC(N)C1. The van der Waals surface area contributed by atoms with E-state index in [4.69, 9.17) is 5.73 Å². The van der Waals surface area contributed by atoms with Crippen LogP contribution in [0.2, 0.25) is 0 Å². The molecule has 1 fully saturated rings. The highest BCUT2D eigenvalue weighted by molar-refractivity contribution is 4.85. The molecule has 1 unspecified atom stereocenters. The van der Waals surface area contributed by atoms with E-state index in [-0.39, 0.29) is 0 Å². The molecule has 1 saturated heterocycles. The summed E-state index contributed by atoms with van der Waals surface area (Å²) in [5.74, 6) is 0.836. The smallest absolute Gasteiger partial charge is 0.0297 e. The first kappa shape index (κ1) is 10.0. The van der Waals surface area contributed by atoms with Gasteiger partial charge in [-0.1, -0.05) is 13.8 Å². The summed E-state index contributed by atoms with van der Waals surface area (Å²) in [6, 6.07) is 1.19. The molecule has 0 aromatic carbocycles. The highest BCUT2D eigenvalue weighted by Crippen LogP contribution is 2.16. The van der Waals surface area contributed by atoms with Gasteiger partial charge in [-0.3, -0.25) is 4.90 Å². The Morgan fingerprint density at radius 2 is 1.83 bits per heavy atom. The lowest BCUT2D eigenvalue weighted by atomic mass is 10.00. The molecule has 0 spiro atoms. The normalized spacial score (nSPS) is 22.8. The van der Waals surface area contributed by atoms with Crippen LogP contribution in [0.1, 0.15) is 33.6 Å². The molecule has 0 aromatic rings.